The van der Waals surface area contributed by atoms with E-state index in [1.54, 1.807) is 30.3 Å². The van der Waals surface area contributed by atoms with E-state index in [1.807, 2.05) is 0 Å². The second kappa shape index (κ2) is 7.01. The third kappa shape index (κ3) is 4.61. The van der Waals surface area contributed by atoms with Crippen LogP contribution in [-0.4, -0.2) is 24.5 Å². The third-order valence-electron chi connectivity index (χ3n) is 1.88. The fourth-order valence-corrected chi connectivity index (χ4v) is 1.16. The van der Waals surface area contributed by atoms with E-state index >= 15 is 0 Å². The molecule has 0 aliphatic rings. The van der Waals surface area contributed by atoms with E-state index in [0.717, 1.165) is 6.08 Å². The third-order valence-corrected chi connectivity index (χ3v) is 1.88. The fraction of sp³-hybridized carbons (Fsp3) is 0.154. The number of para-hydroxylation sites is 1. The van der Waals surface area contributed by atoms with Gasteiger partial charge in [-0.25, -0.2) is 0 Å². The van der Waals surface area contributed by atoms with Gasteiger partial charge in [0.1, 0.15) is 12.0 Å². The van der Waals surface area contributed by atoms with Crippen molar-refractivity contribution in [2.24, 2.45) is 0 Å². The van der Waals surface area contributed by atoms with Gasteiger partial charge in [-0.2, -0.15) is 0 Å². The van der Waals surface area contributed by atoms with Crippen molar-refractivity contribution >= 4 is 18.0 Å². The Hall–Kier alpha value is -2.43. The molecule has 0 atom stereocenters. The summed E-state index contributed by atoms with van der Waals surface area (Å²) in [6.45, 7) is 1.17. The predicted octanol–water partition coefficient (Wildman–Crippen LogP) is 0.853. The Morgan fingerprint density at radius 3 is 2.50 bits per heavy atom. The van der Waals surface area contributed by atoms with E-state index in [1.165, 1.54) is 6.92 Å². The second-order valence-electron chi connectivity index (χ2n) is 3.41. The highest BCUT2D eigenvalue weighted by Crippen LogP contribution is 2.12. The molecule has 0 fully saturated rings. The van der Waals surface area contributed by atoms with Gasteiger partial charge in [-0.3, -0.25) is 9.59 Å². The average Bonchev–Trinajstić information content (AvgIpc) is 2.36. The Kier molecular flexibility index (Phi) is 5.31. The van der Waals surface area contributed by atoms with Crippen molar-refractivity contribution in [2.45, 2.75) is 6.92 Å². The van der Waals surface area contributed by atoms with Crippen LogP contribution in [0.5, 0.6) is 5.75 Å². The Morgan fingerprint density at radius 1 is 1.28 bits per heavy atom. The van der Waals surface area contributed by atoms with Crippen LogP contribution in [0.25, 0.3) is 0 Å². The van der Waals surface area contributed by atoms with E-state index in [0.29, 0.717) is 12.0 Å². The zero-order valence-electron chi connectivity index (χ0n) is 9.88. The minimum Gasteiger partial charge on any atom is -0.451 e. The number of carbonyl (C=O) groups is 3. The number of nitrogens with one attached hydrogen (secondary N) is 1. The normalized spacial score (nSPS) is 10.6. The summed E-state index contributed by atoms with van der Waals surface area (Å²) >= 11 is 0. The molecule has 1 amide bonds. The van der Waals surface area contributed by atoms with Gasteiger partial charge in [0.15, 0.2) is 11.5 Å². The van der Waals surface area contributed by atoms with Crippen LogP contribution in [0.2, 0.25) is 0 Å². The lowest BCUT2D eigenvalue weighted by atomic mass is 10.3. The van der Waals surface area contributed by atoms with Crippen molar-refractivity contribution in [3.63, 3.8) is 0 Å². The van der Waals surface area contributed by atoms with Crippen molar-refractivity contribution < 1.29 is 19.1 Å². The fourth-order valence-electron chi connectivity index (χ4n) is 1.16. The highest BCUT2D eigenvalue weighted by molar-refractivity contribution is 6.00. The number of ketones is 1. The molecule has 0 spiro atoms. The van der Waals surface area contributed by atoms with E-state index in [9.17, 15) is 14.4 Å². The highest BCUT2D eigenvalue weighted by atomic mass is 16.5. The van der Waals surface area contributed by atoms with Gasteiger partial charge in [0.2, 0.25) is 0 Å². The molecule has 0 unspecified atom stereocenters. The van der Waals surface area contributed by atoms with Gasteiger partial charge in [0, 0.05) is 6.08 Å². The monoisotopic (exact) mass is 247 g/mol. The van der Waals surface area contributed by atoms with E-state index in [2.05, 4.69) is 5.32 Å². The molecule has 5 heteroatoms. The van der Waals surface area contributed by atoms with Crippen LogP contribution < -0.4 is 10.1 Å². The summed E-state index contributed by atoms with van der Waals surface area (Å²) in [6.07, 6.45) is 1.62. The van der Waals surface area contributed by atoms with Gasteiger partial charge >= 0.3 is 0 Å². The maximum Gasteiger partial charge on any atom is 0.287 e. The zero-order chi connectivity index (χ0) is 13.4. The molecule has 0 bridgehead atoms. The van der Waals surface area contributed by atoms with Crippen molar-refractivity contribution in [3.05, 3.63) is 42.2 Å². The first kappa shape index (κ1) is 13.6. The lowest BCUT2D eigenvalue weighted by molar-refractivity contribution is -0.121. The standard InChI is InChI=1S/C13H13NO4/c1-10(16)9-12(13(17)14-7-8-15)18-11-5-3-2-4-6-11/h2-6,8-9H,7H2,1H3,(H,14,17)/b12-9-. The Labute approximate surface area is 104 Å². The number of hydrogen-bond donors (Lipinski definition) is 1. The van der Waals surface area contributed by atoms with Crippen LogP contribution in [-0.2, 0) is 14.4 Å². The molecule has 0 aliphatic carbocycles. The minimum absolute atomic E-state index is 0.133. The summed E-state index contributed by atoms with van der Waals surface area (Å²) in [4.78, 5) is 32.8. The van der Waals surface area contributed by atoms with E-state index in [-0.39, 0.29) is 18.1 Å². The Bertz CT molecular complexity index is 465. The second-order valence-corrected chi connectivity index (χ2v) is 3.41. The number of carbonyl (C=O) groups excluding carboxylic acids is 3. The molecule has 1 aromatic carbocycles. The lowest BCUT2D eigenvalue weighted by Crippen LogP contribution is -2.29. The largest absolute Gasteiger partial charge is 0.451 e. The van der Waals surface area contributed by atoms with Gasteiger partial charge < -0.3 is 14.8 Å². The molecule has 1 N–H and O–H groups in total. The molecule has 18 heavy (non-hydrogen) atoms. The number of hydrogen-bond acceptors (Lipinski definition) is 4. The quantitative estimate of drug-likeness (QED) is 0.459. The topological polar surface area (TPSA) is 72.5 Å². The summed E-state index contributed by atoms with van der Waals surface area (Å²) < 4.78 is 5.30. The minimum atomic E-state index is -0.610. The van der Waals surface area contributed by atoms with Crippen molar-refractivity contribution in [3.8, 4) is 5.75 Å². The SMILES string of the molecule is CC(=O)/C=C(\Oc1ccccc1)C(=O)NCC=O. The number of rotatable bonds is 6. The number of ether oxygens (including phenoxy) is 1. The molecule has 0 aliphatic heterocycles. The predicted molar refractivity (Wildman–Crippen MR) is 64.9 cm³/mol. The van der Waals surface area contributed by atoms with Gasteiger partial charge in [-0.1, -0.05) is 18.2 Å². The van der Waals surface area contributed by atoms with Crippen LogP contribution in [0, 0.1) is 0 Å². The average molecular weight is 247 g/mol. The van der Waals surface area contributed by atoms with Crippen LogP contribution in [0.15, 0.2) is 42.2 Å². The van der Waals surface area contributed by atoms with Crippen molar-refractivity contribution in [2.75, 3.05) is 6.54 Å². The number of benzene rings is 1. The van der Waals surface area contributed by atoms with Crippen LogP contribution in [0.3, 0.4) is 0 Å². The molecule has 1 aromatic rings. The van der Waals surface area contributed by atoms with Crippen LogP contribution in [0.4, 0.5) is 0 Å². The first-order valence-corrected chi connectivity index (χ1v) is 5.30. The van der Waals surface area contributed by atoms with Gasteiger partial charge in [0.05, 0.1) is 6.54 Å². The summed E-state index contributed by atoms with van der Waals surface area (Å²) in [6, 6.07) is 8.59. The molecule has 0 saturated heterocycles. The molecular weight excluding hydrogens is 234 g/mol. The maximum absolute atomic E-state index is 11.6. The van der Waals surface area contributed by atoms with Gasteiger partial charge in [-0.05, 0) is 19.1 Å². The Balaban J connectivity index is 2.83. The number of amides is 1. The highest BCUT2D eigenvalue weighted by Gasteiger charge is 2.12. The first-order valence-electron chi connectivity index (χ1n) is 5.30. The molecule has 94 valence electrons. The first-order chi connectivity index (χ1) is 8.63. The lowest BCUT2D eigenvalue weighted by Gasteiger charge is -2.08. The number of aldehydes is 1. The molecule has 0 saturated carbocycles. The van der Waals surface area contributed by atoms with Crippen molar-refractivity contribution in [1.82, 2.24) is 5.32 Å². The van der Waals surface area contributed by atoms with Crippen LogP contribution in [0.1, 0.15) is 6.92 Å². The smallest absolute Gasteiger partial charge is 0.287 e. The molecular formula is C13H13NO4. The number of allylic oxidation sites excluding steroid dienone is 1. The maximum atomic E-state index is 11.6. The molecule has 5 nitrogen and oxygen atoms in total. The molecule has 0 radical (unpaired) electrons. The van der Waals surface area contributed by atoms with Gasteiger partial charge in [0.25, 0.3) is 5.91 Å². The van der Waals surface area contributed by atoms with E-state index < -0.39 is 5.91 Å². The molecule has 0 heterocycles. The van der Waals surface area contributed by atoms with Gasteiger partial charge in [-0.15, -0.1) is 0 Å². The summed E-state index contributed by atoms with van der Waals surface area (Å²) in [7, 11) is 0. The van der Waals surface area contributed by atoms with E-state index in [4.69, 9.17) is 4.74 Å². The zero-order valence-corrected chi connectivity index (χ0v) is 9.88. The Morgan fingerprint density at radius 2 is 1.94 bits per heavy atom. The molecule has 1 rings (SSSR count). The summed E-state index contributed by atoms with van der Waals surface area (Å²) in [5, 5.41) is 2.31. The van der Waals surface area contributed by atoms with Crippen molar-refractivity contribution in [1.29, 1.82) is 0 Å². The summed E-state index contributed by atoms with van der Waals surface area (Å²) in [5.74, 6) is -0.634. The van der Waals surface area contributed by atoms with Crippen LogP contribution >= 0.6 is 0 Å². The molecule has 0 aromatic heterocycles. The summed E-state index contributed by atoms with van der Waals surface area (Å²) in [5.41, 5.74) is 0.